The highest BCUT2D eigenvalue weighted by molar-refractivity contribution is 6.29. The van der Waals surface area contributed by atoms with Crippen molar-refractivity contribution in [3.63, 3.8) is 0 Å². The van der Waals surface area contributed by atoms with Crippen LogP contribution in [-0.4, -0.2) is 35.0 Å². The number of carbonyl (C=O) groups excluding carboxylic acids is 1. The zero-order valence-electron chi connectivity index (χ0n) is 12.6. The third-order valence-electron chi connectivity index (χ3n) is 2.69. The van der Waals surface area contributed by atoms with Gasteiger partial charge in [0.15, 0.2) is 0 Å². The van der Waals surface area contributed by atoms with Crippen molar-refractivity contribution in [2.75, 3.05) is 18.0 Å². The Hall–Kier alpha value is -1.36. The van der Waals surface area contributed by atoms with Gasteiger partial charge in [-0.15, -0.1) is 0 Å². The van der Waals surface area contributed by atoms with E-state index >= 15 is 0 Å². The summed E-state index contributed by atoms with van der Waals surface area (Å²) in [6.07, 6.45) is 1.74. The maximum Gasteiger partial charge on any atom is 0.239 e. The minimum atomic E-state index is -0.0198. The average Bonchev–Trinajstić information content (AvgIpc) is 2.34. The first-order chi connectivity index (χ1) is 9.46. The molecule has 20 heavy (non-hydrogen) atoms. The SMILES string of the molecule is CCCc1nc(Cl)cc(N(CC)CC(=O)NC(C)C)n1. The van der Waals surface area contributed by atoms with Crippen molar-refractivity contribution in [1.82, 2.24) is 15.3 Å². The van der Waals surface area contributed by atoms with Crippen molar-refractivity contribution in [3.8, 4) is 0 Å². The summed E-state index contributed by atoms with van der Waals surface area (Å²) < 4.78 is 0. The quantitative estimate of drug-likeness (QED) is 0.786. The summed E-state index contributed by atoms with van der Waals surface area (Å²) in [5.74, 6) is 1.40. The second-order valence-electron chi connectivity index (χ2n) is 4.95. The Morgan fingerprint density at radius 3 is 2.65 bits per heavy atom. The molecule has 0 saturated carbocycles. The molecule has 1 rings (SSSR count). The summed E-state index contributed by atoms with van der Waals surface area (Å²) in [5, 5.41) is 3.29. The number of halogens is 1. The lowest BCUT2D eigenvalue weighted by atomic mass is 10.3. The molecular formula is C14H23ClN4O. The van der Waals surface area contributed by atoms with Crippen LogP contribution < -0.4 is 10.2 Å². The maximum atomic E-state index is 11.9. The van der Waals surface area contributed by atoms with E-state index in [1.54, 1.807) is 6.07 Å². The topological polar surface area (TPSA) is 58.1 Å². The molecule has 0 unspecified atom stereocenters. The van der Waals surface area contributed by atoms with Crippen LogP contribution in [0.1, 0.15) is 39.9 Å². The van der Waals surface area contributed by atoms with Gasteiger partial charge in [0.05, 0.1) is 6.54 Å². The summed E-state index contributed by atoms with van der Waals surface area (Å²) in [7, 11) is 0. The van der Waals surface area contributed by atoms with Gasteiger partial charge >= 0.3 is 0 Å². The highest BCUT2D eigenvalue weighted by Crippen LogP contribution is 2.16. The second-order valence-corrected chi connectivity index (χ2v) is 5.34. The number of rotatable bonds is 7. The van der Waals surface area contributed by atoms with E-state index in [4.69, 9.17) is 11.6 Å². The van der Waals surface area contributed by atoms with E-state index in [1.165, 1.54) is 0 Å². The van der Waals surface area contributed by atoms with E-state index in [0.717, 1.165) is 18.7 Å². The molecule has 1 heterocycles. The van der Waals surface area contributed by atoms with Crippen molar-refractivity contribution in [3.05, 3.63) is 17.0 Å². The predicted molar refractivity (Wildman–Crippen MR) is 82.2 cm³/mol. The molecule has 1 aromatic heterocycles. The van der Waals surface area contributed by atoms with Crippen LogP contribution in [0.2, 0.25) is 5.15 Å². The average molecular weight is 299 g/mol. The van der Waals surface area contributed by atoms with Crippen molar-refractivity contribution >= 4 is 23.3 Å². The van der Waals surface area contributed by atoms with Crippen LogP contribution in [0, 0.1) is 0 Å². The number of anilines is 1. The van der Waals surface area contributed by atoms with Crippen LogP contribution in [0.25, 0.3) is 0 Å². The van der Waals surface area contributed by atoms with Gasteiger partial charge in [-0.3, -0.25) is 4.79 Å². The van der Waals surface area contributed by atoms with Gasteiger partial charge in [-0.1, -0.05) is 18.5 Å². The van der Waals surface area contributed by atoms with Crippen LogP contribution in [0.5, 0.6) is 0 Å². The van der Waals surface area contributed by atoms with Gasteiger partial charge in [0.1, 0.15) is 16.8 Å². The molecule has 0 aliphatic heterocycles. The Morgan fingerprint density at radius 1 is 1.40 bits per heavy atom. The van der Waals surface area contributed by atoms with E-state index in [-0.39, 0.29) is 18.5 Å². The number of nitrogens with zero attached hydrogens (tertiary/aromatic N) is 3. The number of aromatic nitrogens is 2. The lowest BCUT2D eigenvalue weighted by Gasteiger charge is -2.22. The van der Waals surface area contributed by atoms with E-state index < -0.39 is 0 Å². The number of hydrogen-bond donors (Lipinski definition) is 1. The maximum absolute atomic E-state index is 11.9. The summed E-state index contributed by atoms with van der Waals surface area (Å²) in [5.41, 5.74) is 0. The van der Waals surface area contributed by atoms with Crippen LogP contribution >= 0.6 is 11.6 Å². The number of amides is 1. The van der Waals surface area contributed by atoms with E-state index in [2.05, 4.69) is 22.2 Å². The second kappa shape index (κ2) is 8.04. The number of carbonyl (C=O) groups is 1. The molecule has 0 radical (unpaired) electrons. The van der Waals surface area contributed by atoms with Gasteiger partial charge < -0.3 is 10.2 Å². The fourth-order valence-electron chi connectivity index (χ4n) is 1.84. The Labute approximate surface area is 125 Å². The summed E-state index contributed by atoms with van der Waals surface area (Å²) >= 11 is 6.03. The minimum absolute atomic E-state index is 0.0198. The monoisotopic (exact) mass is 298 g/mol. The fourth-order valence-corrected chi connectivity index (χ4v) is 2.04. The van der Waals surface area contributed by atoms with Crippen LogP contribution in [0.15, 0.2) is 6.07 Å². The van der Waals surface area contributed by atoms with Crippen molar-refractivity contribution in [1.29, 1.82) is 0 Å². The first-order valence-electron chi connectivity index (χ1n) is 7.04. The number of aryl methyl sites for hydroxylation is 1. The normalized spacial score (nSPS) is 10.7. The largest absolute Gasteiger partial charge is 0.352 e. The lowest BCUT2D eigenvalue weighted by Crippen LogP contribution is -2.40. The van der Waals surface area contributed by atoms with Gasteiger partial charge in [-0.2, -0.15) is 0 Å². The third-order valence-corrected chi connectivity index (χ3v) is 2.88. The molecule has 1 amide bonds. The molecule has 112 valence electrons. The summed E-state index contributed by atoms with van der Waals surface area (Å²) in [4.78, 5) is 22.4. The van der Waals surface area contributed by atoms with Crippen molar-refractivity contribution in [2.24, 2.45) is 0 Å². The molecule has 0 fully saturated rings. The number of nitrogens with one attached hydrogen (secondary N) is 1. The van der Waals surface area contributed by atoms with Crippen molar-refractivity contribution in [2.45, 2.75) is 46.6 Å². The van der Waals surface area contributed by atoms with Gasteiger partial charge in [0, 0.05) is 25.1 Å². The Morgan fingerprint density at radius 2 is 2.10 bits per heavy atom. The fraction of sp³-hybridized carbons (Fsp3) is 0.643. The molecule has 0 spiro atoms. The first-order valence-corrected chi connectivity index (χ1v) is 7.41. The van der Waals surface area contributed by atoms with Gasteiger partial charge in [-0.25, -0.2) is 9.97 Å². The highest BCUT2D eigenvalue weighted by atomic mass is 35.5. The third kappa shape index (κ3) is 5.33. The predicted octanol–water partition coefficient (Wildman–Crippen LogP) is 2.43. The lowest BCUT2D eigenvalue weighted by molar-refractivity contribution is -0.120. The zero-order valence-corrected chi connectivity index (χ0v) is 13.4. The zero-order chi connectivity index (χ0) is 15.1. The molecule has 1 aromatic rings. The summed E-state index contributed by atoms with van der Waals surface area (Å²) in [6, 6.07) is 1.83. The van der Waals surface area contributed by atoms with Gasteiger partial charge in [0.2, 0.25) is 5.91 Å². The Kier molecular flexibility index (Phi) is 6.71. The molecule has 0 bridgehead atoms. The smallest absolute Gasteiger partial charge is 0.239 e. The molecular weight excluding hydrogens is 276 g/mol. The standard InChI is InChI=1S/C14H23ClN4O/c1-5-7-12-17-11(15)8-13(18-12)19(6-2)9-14(20)16-10(3)4/h8,10H,5-7,9H2,1-4H3,(H,16,20). The minimum Gasteiger partial charge on any atom is -0.352 e. The van der Waals surface area contributed by atoms with Crippen LogP contribution in [-0.2, 0) is 11.2 Å². The van der Waals surface area contributed by atoms with E-state index in [0.29, 0.717) is 17.5 Å². The highest BCUT2D eigenvalue weighted by Gasteiger charge is 2.14. The molecule has 6 heteroatoms. The Bertz CT molecular complexity index is 451. The van der Waals surface area contributed by atoms with Gasteiger partial charge in [0.25, 0.3) is 0 Å². The van der Waals surface area contributed by atoms with Crippen LogP contribution in [0.4, 0.5) is 5.82 Å². The van der Waals surface area contributed by atoms with E-state index in [1.807, 2.05) is 25.7 Å². The molecule has 1 N–H and O–H groups in total. The van der Waals surface area contributed by atoms with Crippen molar-refractivity contribution < 1.29 is 4.79 Å². The molecule has 0 aliphatic rings. The number of hydrogen-bond acceptors (Lipinski definition) is 4. The molecule has 0 aliphatic carbocycles. The number of likely N-dealkylation sites (N-methyl/N-ethyl adjacent to an activating group) is 1. The Balaban J connectivity index is 2.85. The van der Waals surface area contributed by atoms with E-state index in [9.17, 15) is 4.79 Å². The van der Waals surface area contributed by atoms with Crippen LogP contribution in [0.3, 0.4) is 0 Å². The summed E-state index contributed by atoms with van der Waals surface area (Å²) in [6.45, 7) is 8.89. The molecule has 0 aromatic carbocycles. The molecule has 0 atom stereocenters. The molecule has 0 saturated heterocycles. The van der Waals surface area contributed by atoms with Gasteiger partial charge in [-0.05, 0) is 27.2 Å². The molecule has 5 nitrogen and oxygen atoms in total. The first kappa shape index (κ1) is 16.7.